The number of hydrogen-bond donors (Lipinski definition) is 1. The van der Waals surface area contributed by atoms with E-state index in [1.54, 1.807) is 7.11 Å². The Morgan fingerprint density at radius 2 is 1.85 bits per heavy atom. The third-order valence-corrected chi connectivity index (χ3v) is 8.19. The number of fused-ring (bicyclic) bond motifs is 1. The van der Waals surface area contributed by atoms with Crippen LogP contribution in [-0.4, -0.2) is 50.1 Å². The summed E-state index contributed by atoms with van der Waals surface area (Å²) >= 11 is 7.95. The van der Waals surface area contributed by atoms with E-state index in [9.17, 15) is 4.79 Å². The number of piperidine rings is 1. The lowest BCUT2D eigenvalue weighted by molar-refractivity contribution is -0.137. The highest BCUT2D eigenvalue weighted by Crippen LogP contribution is 2.42. The van der Waals surface area contributed by atoms with E-state index in [1.807, 2.05) is 53.2 Å². The summed E-state index contributed by atoms with van der Waals surface area (Å²) in [5.41, 5.74) is 5.41. The van der Waals surface area contributed by atoms with Gasteiger partial charge in [0.05, 0.1) is 18.2 Å². The zero-order chi connectivity index (χ0) is 23.8. The molecule has 0 spiro atoms. The lowest BCUT2D eigenvalue weighted by Crippen LogP contribution is -2.53. The Labute approximate surface area is 208 Å². The topological polar surface area (TPSA) is 72.3 Å². The van der Waals surface area contributed by atoms with E-state index in [0.29, 0.717) is 21.8 Å². The normalized spacial score (nSPS) is 24.3. The van der Waals surface area contributed by atoms with E-state index in [2.05, 4.69) is 34.4 Å². The standard InChI is InChI=1S/C25H28ClN5O2S/c1-15-8-7-9-16(2)30(15)24(32)22-21(18-12-13-20(33-3)19(26)14-18)29-31-23(27-28-25(31)34-22)17-10-5-4-6-11-17/h4-6,10-16,21-22,29H,7-9H2,1-3H3/t15-,16-,21+,22+/m1/s1. The van der Waals surface area contributed by atoms with Gasteiger partial charge in [-0.25, -0.2) is 4.68 Å². The molecule has 1 amide bonds. The van der Waals surface area contributed by atoms with E-state index in [1.165, 1.54) is 11.8 Å². The minimum atomic E-state index is -0.409. The molecule has 2 aliphatic rings. The van der Waals surface area contributed by atoms with Crippen molar-refractivity contribution in [1.29, 1.82) is 0 Å². The van der Waals surface area contributed by atoms with E-state index in [0.717, 1.165) is 30.4 Å². The number of ether oxygens (including phenoxy) is 1. The fourth-order valence-electron chi connectivity index (χ4n) is 4.95. The summed E-state index contributed by atoms with van der Waals surface area (Å²) in [4.78, 5) is 16.1. The predicted molar refractivity (Wildman–Crippen MR) is 135 cm³/mol. The Kier molecular flexibility index (Phi) is 6.44. The minimum absolute atomic E-state index is 0.115. The molecule has 1 N–H and O–H groups in total. The number of methoxy groups -OCH3 is 1. The maximum absolute atomic E-state index is 14.0. The minimum Gasteiger partial charge on any atom is -0.495 e. The first-order chi connectivity index (χ1) is 16.5. The Hall–Kier alpha value is -2.71. The van der Waals surface area contributed by atoms with Gasteiger partial charge in [-0.15, -0.1) is 10.2 Å². The van der Waals surface area contributed by atoms with E-state index in [-0.39, 0.29) is 24.0 Å². The third kappa shape index (κ3) is 4.14. The molecular formula is C25H28ClN5O2S. The van der Waals surface area contributed by atoms with Crippen molar-refractivity contribution in [2.45, 2.75) is 61.6 Å². The van der Waals surface area contributed by atoms with Gasteiger partial charge >= 0.3 is 0 Å². The van der Waals surface area contributed by atoms with Crippen molar-refractivity contribution in [3.8, 4) is 17.1 Å². The zero-order valence-electron chi connectivity index (χ0n) is 19.4. The molecule has 3 aromatic rings. The summed E-state index contributed by atoms with van der Waals surface area (Å²) in [6, 6.07) is 15.7. The number of nitrogens with zero attached hydrogens (tertiary/aromatic N) is 4. The Morgan fingerprint density at radius 1 is 1.12 bits per heavy atom. The summed E-state index contributed by atoms with van der Waals surface area (Å²) in [6.07, 6.45) is 3.19. The molecule has 5 rings (SSSR count). The first-order valence-electron chi connectivity index (χ1n) is 11.6. The SMILES string of the molecule is COc1ccc([C@@H]2Nn3c(nnc3-c3ccccc3)S[C@@H]2C(=O)N2[C@H](C)CCC[C@H]2C)cc1Cl. The molecule has 34 heavy (non-hydrogen) atoms. The van der Waals surface area contributed by atoms with Crippen molar-refractivity contribution in [2.24, 2.45) is 0 Å². The Balaban J connectivity index is 1.56. The fourth-order valence-corrected chi connectivity index (χ4v) is 6.35. The lowest BCUT2D eigenvalue weighted by Gasteiger charge is -2.43. The van der Waals surface area contributed by atoms with Crippen LogP contribution in [0.1, 0.15) is 44.7 Å². The molecule has 9 heteroatoms. The van der Waals surface area contributed by atoms with Crippen molar-refractivity contribution in [3.63, 3.8) is 0 Å². The van der Waals surface area contributed by atoms with Crippen LogP contribution in [-0.2, 0) is 4.79 Å². The maximum Gasteiger partial charge on any atom is 0.239 e. The molecule has 0 bridgehead atoms. The molecule has 1 saturated heterocycles. The second-order valence-electron chi connectivity index (χ2n) is 8.92. The van der Waals surface area contributed by atoms with Crippen LogP contribution < -0.4 is 10.2 Å². The van der Waals surface area contributed by atoms with Crippen LogP contribution in [0.2, 0.25) is 5.02 Å². The van der Waals surface area contributed by atoms with Crippen LogP contribution in [0.15, 0.2) is 53.7 Å². The van der Waals surface area contributed by atoms with Gasteiger partial charge in [0.15, 0.2) is 5.82 Å². The number of amides is 1. The first kappa shape index (κ1) is 23.1. The summed E-state index contributed by atoms with van der Waals surface area (Å²) in [7, 11) is 1.59. The van der Waals surface area contributed by atoms with Crippen LogP contribution >= 0.6 is 23.4 Å². The average Bonchev–Trinajstić information content (AvgIpc) is 3.26. The van der Waals surface area contributed by atoms with Crippen molar-refractivity contribution < 1.29 is 9.53 Å². The number of hydrogen-bond acceptors (Lipinski definition) is 6. The van der Waals surface area contributed by atoms with Crippen molar-refractivity contribution in [2.75, 3.05) is 12.5 Å². The maximum atomic E-state index is 14.0. The predicted octanol–water partition coefficient (Wildman–Crippen LogP) is 5.16. The number of carbonyl (C=O) groups is 1. The molecule has 0 unspecified atom stereocenters. The van der Waals surface area contributed by atoms with Gasteiger partial charge in [-0.1, -0.05) is 59.8 Å². The Morgan fingerprint density at radius 3 is 2.53 bits per heavy atom. The summed E-state index contributed by atoms with van der Waals surface area (Å²) in [5.74, 6) is 1.42. The fraction of sp³-hybridized carbons (Fsp3) is 0.400. The number of carbonyl (C=O) groups excluding carboxylic acids is 1. The largest absolute Gasteiger partial charge is 0.495 e. The van der Waals surface area contributed by atoms with Gasteiger partial charge in [-0.05, 0) is 50.8 Å². The van der Waals surface area contributed by atoms with Crippen LogP contribution in [0.5, 0.6) is 5.75 Å². The molecule has 1 fully saturated rings. The number of thioether (sulfide) groups is 1. The van der Waals surface area contributed by atoms with Gasteiger partial charge in [0.25, 0.3) is 0 Å². The summed E-state index contributed by atoms with van der Waals surface area (Å²) < 4.78 is 7.23. The van der Waals surface area contributed by atoms with Gasteiger partial charge in [0.1, 0.15) is 11.0 Å². The van der Waals surface area contributed by atoms with Gasteiger partial charge in [0.2, 0.25) is 11.1 Å². The van der Waals surface area contributed by atoms with Crippen molar-refractivity contribution >= 4 is 29.3 Å². The first-order valence-corrected chi connectivity index (χ1v) is 12.8. The van der Waals surface area contributed by atoms with Gasteiger partial charge in [0, 0.05) is 17.6 Å². The van der Waals surface area contributed by atoms with Crippen LogP contribution in [0.4, 0.5) is 0 Å². The zero-order valence-corrected chi connectivity index (χ0v) is 21.0. The van der Waals surface area contributed by atoms with Gasteiger partial charge in [-0.3, -0.25) is 4.79 Å². The average molecular weight is 498 g/mol. The second-order valence-corrected chi connectivity index (χ2v) is 10.4. The second kappa shape index (κ2) is 9.50. The van der Waals surface area contributed by atoms with Gasteiger partial charge < -0.3 is 15.1 Å². The quantitative estimate of drug-likeness (QED) is 0.537. The molecule has 2 aliphatic heterocycles. The molecule has 1 aromatic heterocycles. The van der Waals surface area contributed by atoms with Gasteiger partial charge in [-0.2, -0.15) is 0 Å². The molecule has 4 atom stereocenters. The summed E-state index contributed by atoms with van der Waals surface area (Å²) in [5, 5.41) is 9.63. The number of nitrogens with one attached hydrogen (secondary N) is 1. The molecule has 2 aromatic carbocycles. The lowest BCUT2D eigenvalue weighted by atomic mass is 9.95. The number of likely N-dealkylation sites (tertiary alicyclic amines) is 1. The monoisotopic (exact) mass is 497 g/mol. The highest BCUT2D eigenvalue weighted by Gasteiger charge is 2.42. The number of halogens is 1. The molecule has 178 valence electrons. The van der Waals surface area contributed by atoms with Crippen LogP contribution in [0.3, 0.4) is 0 Å². The third-order valence-electron chi connectivity index (χ3n) is 6.70. The molecule has 0 radical (unpaired) electrons. The highest BCUT2D eigenvalue weighted by atomic mass is 35.5. The molecule has 3 heterocycles. The number of benzene rings is 2. The molecule has 0 aliphatic carbocycles. The van der Waals surface area contributed by atoms with Crippen LogP contribution in [0, 0.1) is 0 Å². The van der Waals surface area contributed by atoms with Crippen LogP contribution in [0.25, 0.3) is 11.4 Å². The number of rotatable bonds is 4. The van der Waals surface area contributed by atoms with E-state index < -0.39 is 5.25 Å². The number of aromatic nitrogens is 3. The smallest absolute Gasteiger partial charge is 0.239 e. The van der Waals surface area contributed by atoms with E-state index in [4.69, 9.17) is 16.3 Å². The molecular weight excluding hydrogens is 470 g/mol. The van der Waals surface area contributed by atoms with Crippen molar-refractivity contribution in [3.05, 3.63) is 59.1 Å². The van der Waals surface area contributed by atoms with E-state index >= 15 is 0 Å². The summed E-state index contributed by atoms with van der Waals surface area (Å²) in [6.45, 7) is 4.29. The van der Waals surface area contributed by atoms with Crippen molar-refractivity contribution in [1.82, 2.24) is 19.8 Å². The Bertz CT molecular complexity index is 1180. The molecule has 7 nitrogen and oxygen atoms in total. The molecule has 0 saturated carbocycles. The highest BCUT2D eigenvalue weighted by molar-refractivity contribution is 8.00.